The van der Waals surface area contributed by atoms with Crippen LogP contribution in [0.15, 0.2) is 12.2 Å². The van der Waals surface area contributed by atoms with E-state index in [-0.39, 0.29) is 12.2 Å². The third-order valence-electron chi connectivity index (χ3n) is 1.70. The van der Waals surface area contributed by atoms with Gasteiger partial charge in [0.15, 0.2) is 6.10 Å². The molecule has 4 heteroatoms. The van der Waals surface area contributed by atoms with E-state index in [1.54, 1.807) is 6.92 Å². The number of carbonyl (C=O) groups is 2. The summed E-state index contributed by atoms with van der Waals surface area (Å²) in [4.78, 5) is 22.6. The van der Waals surface area contributed by atoms with E-state index in [2.05, 4.69) is 6.58 Å². The van der Waals surface area contributed by atoms with Crippen LogP contribution in [0.4, 0.5) is 0 Å². The topological polar surface area (TPSA) is 52.6 Å². The van der Waals surface area contributed by atoms with Crippen LogP contribution in [0, 0.1) is 0 Å². The standard InChI is InChI=1S/C11H18O4/c1-5-7-9(11(13)14-6-2)15-10(12)8(3)4/h9H,3,5-7H2,1-2,4H3. The lowest BCUT2D eigenvalue weighted by Gasteiger charge is -2.15. The summed E-state index contributed by atoms with van der Waals surface area (Å²) in [5.74, 6) is -1.05. The first-order valence-electron chi connectivity index (χ1n) is 5.06. The van der Waals surface area contributed by atoms with Gasteiger partial charge in [-0.05, 0) is 20.3 Å². The minimum atomic E-state index is -0.806. The van der Waals surface area contributed by atoms with Crippen molar-refractivity contribution in [3.8, 4) is 0 Å². The van der Waals surface area contributed by atoms with Gasteiger partial charge in [-0.2, -0.15) is 0 Å². The fraction of sp³-hybridized carbons (Fsp3) is 0.636. The highest BCUT2D eigenvalue weighted by Crippen LogP contribution is 2.07. The molecule has 0 aromatic heterocycles. The lowest BCUT2D eigenvalue weighted by Crippen LogP contribution is -2.29. The Morgan fingerprint density at radius 2 is 1.93 bits per heavy atom. The molecule has 4 nitrogen and oxygen atoms in total. The van der Waals surface area contributed by atoms with Crippen LogP contribution in [0.25, 0.3) is 0 Å². The molecule has 0 spiro atoms. The van der Waals surface area contributed by atoms with Gasteiger partial charge in [0, 0.05) is 5.57 Å². The van der Waals surface area contributed by atoms with Gasteiger partial charge in [-0.15, -0.1) is 0 Å². The molecule has 0 saturated heterocycles. The molecule has 0 rings (SSSR count). The summed E-state index contributed by atoms with van der Waals surface area (Å²) < 4.78 is 9.75. The lowest BCUT2D eigenvalue weighted by atomic mass is 10.2. The van der Waals surface area contributed by atoms with Crippen molar-refractivity contribution in [3.05, 3.63) is 12.2 Å². The van der Waals surface area contributed by atoms with Crippen LogP contribution in [0.5, 0.6) is 0 Å². The largest absolute Gasteiger partial charge is 0.463 e. The zero-order valence-corrected chi connectivity index (χ0v) is 9.54. The fourth-order valence-electron chi connectivity index (χ4n) is 0.952. The van der Waals surface area contributed by atoms with Crippen molar-refractivity contribution in [2.24, 2.45) is 0 Å². The molecule has 0 aromatic rings. The lowest BCUT2D eigenvalue weighted by molar-refractivity contribution is -0.165. The number of hydrogen-bond donors (Lipinski definition) is 0. The normalized spacial score (nSPS) is 11.7. The van der Waals surface area contributed by atoms with Gasteiger partial charge >= 0.3 is 11.9 Å². The van der Waals surface area contributed by atoms with E-state index >= 15 is 0 Å². The van der Waals surface area contributed by atoms with E-state index in [1.165, 1.54) is 6.92 Å². The molecule has 0 aromatic carbocycles. The van der Waals surface area contributed by atoms with Gasteiger partial charge in [0.1, 0.15) is 0 Å². The van der Waals surface area contributed by atoms with Crippen molar-refractivity contribution in [3.63, 3.8) is 0 Å². The third-order valence-corrected chi connectivity index (χ3v) is 1.70. The number of ether oxygens (including phenoxy) is 2. The molecule has 0 N–H and O–H groups in total. The molecule has 0 aliphatic carbocycles. The zero-order valence-electron chi connectivity index (χ0n) is 9.54. The van der Waals surface area contributed by atoms with E-state index < -0.39 is 18.0 Å². The monoisotopic (exact) mass is 214 g/mol. The highest BCUT2D eigenvalue weighted by molar-refractivity contribution is 5.89. The van der Waals surface area contributed by atoms with E-state index in [0.717, 1.165) is 6.42 Å². The minimum absolute atomic E-state index is 0.278. The summed E-state index contributed by atoms with van der Waals surface area (Å²) in [5.41, 5.74) is 0.278. The zero-order chi connectivity index (χ0) is 11.8. The molecule has 1 unspecified atom stereocenters. The average Bonchev–Trinajstić information content (AvgIpc) is 2.17. The highest BCUT2D eigenvalue weighted by atomic mass is 16.6. The quantitative estimate of drug-likeness (QED) is 0.500. The molecule has 0 radical (unpaired) electrons. The maximum atomic E-state index is 11.4. The molecule has 1 atom stereocenters. The second-order valence-electron chi connectivity index (χ2n) is 3.22. The summed E-state index contributed by atoms with van der Waals surface area (Å²) in [6.45, 7) is 8.88. The smallest absolute Gasteiger partial charge is 0.347 e. The average molecular weight is 214 g/mol. The highest BCUT2D eigenvalue weighted by Gasteiger charge is 2.23. The Hall–Kier alpha value is -1.32. The fourth-order valence-corrected chi connectivity index (χ4v) is 0.952. The molecule has 0 amide bonds. The van der Waals surface area contributed by atoms with Crippen LogP contribution in [0.2, 0.25) is 0 Å². The minimum Gasteiger partial charge on any atom is -0.463 e. The number of esters is 2. The first-order chi connectivity index (χ1) is 7.02. The van der Waals surface area contributed by atoms with Crippen LogP contribution in [0.1, 0.15) is 33.6 Å². The first-order valence-corrected chi connectivity index (χ1v) is 5.06. The SMILES string of the molecule is C=C(C)C(=O)OC(CCC)C(=O)OCC. The van der Waals surface area contributed by atoms with Gasteiger partial charge < -0.3 is 9.47 Å². The molecule has 0 aliphatic rings. The van der Waals surface area contributed by atoms with E-state index in [4.69, 9.17) is 9.47 Å². The Balaban J connectivity index is 4.32. The van der Waals surface area contributed by atoms with Crippen molar-refractivity contribution in [1.82, 2.24) is 0 Å². The third kappa shape index (κ3) is 5.20. The Kier molecular flexibility index (Phi) is 6.42. The Morgan fingerprint density at radius 1 is 1.33 bits per heavy atom. The van der Waals surface area contributed by atoms with Crippen LogP contribution in [-0.2, 0) is 19.1 Å². The van der Waals surface area contributed by atoms with Crippen molar-refractivity contribution >= 4 is 11.9 Å². The predicted molar refractivity (Wildman–Crippen MR) is 56.2 cm³/mol. The van der Waals surface area contributed by atoms with Crippen molar-refractivity contribution < 1.29 is 19.1 Å². The molecular formula is C11H18O4. The molecule has 86 valence electrons. The van der Waals surface area contributed by atoms with E-state index in [9.17, 15) is 9.59 Å². The molecular weight excluding hydrogens is 196 g/mol. The van der Waals surface area contributed by atoms with Crippen molar-refractivity contribution in [2.75, 3.05) is 6.61 Å². The molecule has 0 fully saturated rings. The summed E-state index contributed by atoms with van der Waals surface area (Å²) in [6.07, 6.45) is 0.407. The Labute approximate surface area is 90.2 Å². The number of carbonyl (C=O) groups excluding carboxylic acids is 2. The Morgan fingerprint density at radius 3 is 2.33 bits per heavy atom. The van der Waals surface area contributed by atoms with E-state index in [0.29, 0.717) is 6.42 Å². The Bertz CT molecular complexity index is 245. The summed E-state index contributed by atoms with van der Waals surface area (Å²) in [6, 6.07) is 0. The second-order valence-corrected chi connectivity index (χ2v) is 3.22. The first kappa shape index (κ1) is 13.7. The maximum absolute atomic E-state index is 11.4. The molecule has 0 bridgehead atoms. The van der Waals surface area contributed by atoms with Crippen molar-refractivity contribution in [2.45, 2.75) is 39.7 Å². The van der Waals surface area contributed by atoms with Gasteiger partial charge in [-0.25, -0.2) is 9.59 Å². The maximum Gasteiger partial charge on any atom is 0.347 e. The van der Waals surface area contributed by atoms with Gasteiger partial charge in [0.25, 0.3) is 0 Å². The summed E-state index contributed by atoms with van der Waals surface area (Å²) in [7, 11) is 0. The molecule has 0 aliphatic heterocycles. The van der Waals surface area contributed by atoms with Gasteiger partial charge in [0.05, 0.1) is 6.61 Å². The van der Waals surface area contributed by atoms with Gasteiger partial charge in [-0.1, -0.05) is 19.9 Å². The second kappa shape index (κ2) is 7.04. The number of hydrogen-bond acceptors (Lipinski definition) is 4. The molecule has 0 saturated carbocycles. The molecule has 15 heavy (non-hydrogen) atoms. The van der Waals surface area contributed by atoms with E-state index in [1.807, 2.05) is 6.92 Å². The summed E-state index contributed by atoms with van der Waals surface area (Å²) >= 11 is 0. The molecule has 0 heterocycles. The van der Waals surface area contributed by atoms with Crippen LogP contribution < -0.4 is 0 Å². The van der Waals surface area contributed by atoms with Crippen LogP contribution >= 0.6 is 0 Å². The predicted octanol–water partition coefficient (Wildman–Crippen LogP) is 1.84. The van der Waals surface area contributed by atoms with Gasteiger partial charge in [-0.3, -0.25) is 0 Å². The summed E-state index contributed by atoms with van der Waals surface area (Å²) in [5, 5.41) is 0. The van der Waals surface area contributed by atoms with Crippen molar-refractivity contribution in [1.29, 1.82) is 0 Å². The van der Waals surface area contributed by atoms with Crippen LogP contribution in [0.3, 0.4) is 0 Å². The van der Waals surface area contributed by atoms with Gasteiger partial charge in [0.2, 0.25) is 0 Å². The van der Waals surface area contributed by atoms with Crippen LogP contribution in [-0.4, -0.2) is 24.6 Å². The number of rotatable bonds is 6.